The van der Waals surface area contributed by atoms with E-state index in [1.54, 1.807) is 12.0 Å². The van der Waals surface area contributed by atoms with Crippen molar-refractivity contribution in [3.63, 3.8) is 0 Å². The van der Waals surface area contributed by atoms with Crippen molar-refractivity contribution < 1.29 is 14.6 Å². The summed E-state index contributed by atoms with van der Waals surface area (Å²) in [7, 11) is 1.65. The molecule has 27 heavy (non-hydrogen) atoms. The molecule has 0 saturated heterocycles. The van der Waals surface area contributed by atoms with Gasteiger partial charge in [0, 0.05) is 23.6 Å². The molecule has 1 saturated carbocycles. The van der Waals surface area contributed by atoms with E-state index in [4.69, 9.17) is 4.74 Å². The Morgan fingerprint density at radius 3 is 2.67 bits per heavy atom. The van der Waals surface area contributed by atoms with Gasteiger partial charge in [0.15, 0.2) is 5.72 Å². The Morgan fingerprint density at radius 1 is 1.11 bits per heavy atom. The van der Waals surface area contributed by atoms with Gasteiger partial charge in [0.1, 0.15) is 5.75 Å². The lowest BCUT2D eigenvalue weighted by Gasteiger charge is -2.42. The normalized spacial score (nSPS) is 22.7. The second-order valence-corrected chi connectivity index (χ2v) is 7.66. The van der Waals surface area contributed by atoms with Crippen LogP contribution >= 0.6 is 0 Å². The molecular weight excluding hydrogens is 338 g/mol. The van der Waals surface area contributed by atoms with Gasteiger partial charge in [0.2, 0.25) is 0 Å². The number of fused-ring (bicyclic) bond motifs is 1. The lowest BCUT2D eigenvalue weighted by atomic mass is 9.78. The number of carbonyl (C=O) groups excluding carboxylic acids is 1. The number of nitrogens with zero attached hydrogens (tertiary/aromatic N) is 1. The Balaban J connectivity index is 1.64. The molecule has 2 aliphatic rings. The molecule has 1 atom stereocenters. The Morgan fingerprint density at radius 2 is 1.89 bits per heavy atom. The zero-order valence-electron chi connectivity index (χ0n) is 15.9. The molecule has 4 heteroatoms. The van der Waals surface area contributed by atoms with E-state index in [0.29, 0.717) is 18.5 Å². The molecule has 2 aromatic carbocycles. The van der Waals surface area contributed by atoms with Crippen LogP contribution in [0.3, 0.4) is 0 Å². The van der Waals surface area contributed by atoms with Crippen LogP contribution in [0.5, 0.6) is 5.75 Å². The summed E-state index contributed by atoms with van der Waals surface area (Å²) in [6.07, 6.45) is 6.07. The number of benzene rings is 2. The number of hydrogen-bond donors (Lipinski definition) is 1. The van der Waals surface area contributed by atoms with Crippen LogP contribution < -0.4 is 4.74 Å². The minimum absolute atomic E-state index is 0.0541. The van der Waals surface area contributed by atoms with Gasteiger partial charge >= 0.3 is 0 Å². The van der Waals surface area contributed by atoms with Crippen LogP contribution in [-0.4, -0.2) is 29.6 Å². The highest BCUT2D eigenvalue weighted by molar-refractivity contribution is 5.99. The lowest BCUT2D eigenvalue weighted by molar-refractivity contribution is -0.136. The Labute approximate surface area is 160 Å². The number of rotatable bonds is 5. The number of hydrogen-bond acceptors (Lipinski definition) is 3. The second kappa shape index (κ2) is 7.35. The molecule has 4 rings (SSSR count). The summed E-state index contributed by atoms with van der Waals surface area (Å²) in [6, 6.07) is 15.5. The Kier molecular flexibility index (Phi) is 4.92. The summed E-state index contributed by atoms with van der Waals surface area (Å²) in [5.41, 5.74) is 1.35. The van der Waals surface area contributed by atoms with Crippen molar-refractivity contribution in [2.75, 3.05) is 13.7 Å². The monoisotopic (exact) mass is 365 g/mol. The lowest BCUT2D eigenvalue weighted by Crippen LogP contribution is -2.50. The topological polar surface area (TPSA) is 49.8 Å². The van der Waals surface area contributed by atoms with E-state index >= 15 is 0 Å². The van der Waals surface area contributed by atoms with Crippen molar-refractivity contribution in [3.05, 3.63) is 65.2 Å². The third kappa shape index (κ3) is 3.12. The van der Waals surface area contributed by atoms with Gasteiger partial charge in [0.25, 0.3) is 5.91 Å². The molecule has 2 aromatic rings. The van der Waals surface area contributed by atoms with Crippen molar-refractivity contribution in [2.45, 2.75) is 44.2 Å². The van der Waals surface area contributed by atoms with Crippen molar-refractivity contribution in [3.8, 4) is 5.75 Å². The van der Waals surface area contributed by atoms with Gasteiger partial charge < -0.3 is 14.7 Å². The molecule has 4 nitrogen and oxygen atoms in total. The molecule has 1 unspecified atom stereocenters. The molecule has 0 bridgehead atoms. The molecule has 0 aromatic heterocycles. The van der Waals surface area contributed by atoms with E-state index in [2.05, 4.69) is 0 Å². The number of aliphatic hydroxyl groups is 1. The zero-order chi connectivity index (χ0) is 18.9. The van der Waals surface area contributed by atoms with Gasteiger partial charge in [-0.05, 0) is 43.0 Å². The van der Waals surface area contributed by atoms with Crippen molar-refractivity contribution in [1.82, 2.24) is 4.90 Å². The van der Waals surface area contributed by atoms with Crippen LogP contribution in [0, 0.1) is 5.92 Å². The van der Waals surface area contributed by atoms with Gasteiger partial charge in [-0.2, -0.15) is 0 Å². The molecule has 0 spiro atoms. The molecule has 1 aliphatic heterocycles. The first kappa shape index (κ1) is 18.1. The fourth-order valence-corrected chi connectivity index (χ4v) is 4.72. The third-order valence-electron chi connectivity index (χ3n) is 6.14. The van der Waals surface area contributed by atoms with Gasteiger partial charge in [-0.3, -0.25) is 4.79 Å². The maximum atomic E-state index is 13.1. The first-order valence-corrected chi connectivity index (χ1v) is 9.91. The summed E-state index contributed by atoms with van der Waals surface area (Å²) in [5.74, 6) is 0.858. The fraction of sp³-hybridized carbons (Fsp3) is 0.435. The van der Waals surface area contributed by atoms with Crippen LogP contribution in [-0.2, 0) is 12.1 Å². The van der Waals surface area contributed by atoms with Crippen LogP contribution in [0.4, 0.5) is 0 Å². The molecular formula is C23H27NO3. The minimum atomic E-state index is -1.19. The average Bonchev–Trinajstić information content (AvgIpc) is 2.95. The molecule has 1 amide bonds. The van der Waals surface area contributed by atoms with Crippen molar-refractivity contribution in [2.24, 2.45) is 5.92 Å². The summed E-state index contributed by atoms with van der Waals surface area (Å²) in [4.78, 5) is 14.9. The Hall–Kier alpha value is -2.33. The van der Waals surface area contributed by atoms with E-state index in [9.17, 15) is 9.90 Å². The summed E-state index contributed by atoms with van der Waals surface area (Å²) in [5, 5.41) is 11.9. The molecule has 1 aliphatic carbocycles. The SMILES string of the molecule is COc1cccc(CCN2C(=O)c3ccccc3C2(O)C2CCCCC2)c1. The maximum Gasteiger partial charge on any atom is 0.256 e. The maximum absolute atomic E-state index is 13.1. The number of amides is 1. The van der Waals surface area contributed by atoms with Gasteiger partial charge in [0.05, 0.1) is 7.11 Å². The van der Waals surface area contributed by atoms with Crippen molar-refractivity contribution >= 4 is 5.91 Å². The number of ether oxygens (including phenoxy) is 1. The number of methoxy groups -OCH3 is 1. The van der Waals surface area contributed by atoms with Crippen LogP contribution in [0.1, 0.15) is 53.6 Å². The summed E-state index contributed by atoms with van der Waals surface area (Å²) >= 11 is 0. The largest absolute Gasteiger partial charge is 0.497 e. The van der Waals surface area contributed by atoms with E-state index in [-0.39, 0.29) is 11.8 Å². The summed E-state index contributed by atoms with van der Waals surface area (Å²) in [6.45, 7) is 0.494. The zero-order valence-corrected chi connectivity index (χ0v) is 15.9. The molecule has 1 N–H and O–H groups in total. The van der Waals surface area contributed by atoms with E-state index < -0.39 is 5.72 Å². The quantitative estimate of drug-likeness (QED) is 0.867. The molecule has 1 fully saturated rings. The van der Waals surface area contributed by atoms with Gasteiger partial charge in [-0.1, -0.05) is 49.6 Å². The average molecular weight is 365 g/mol. The van der Waals surface area contributed by atoms with Gasteiger partial charge in [-0.15, -0.1) is 0 Å². The summed E-state index contributed by atoms with van der Waals surface area (Å²) < 4.78 is 5.30. The van der Waals surface area contributed by atoms with Crippen LogP contribution in [0.2, 0.25) is 0 Å². The predicted octanol–water partition coefficient (Wildman–Crippen LogP) is 4.12. The van der Waals surface area contributed by atoms with Crippen LogP contribution in [0.15, 0.2) is 48.5 Å². The smallest absolute Gasteiger partial charge is 0.256 e. The van der Waals surface area contributed by atoms with Crippen LogP contribution in [0.25, 0.3) is 0 Å². The van der Waals surface area contributed by atoms with E-state index in [1.807, 2.05) is 48.5 Å². The minimum Gasteiger partial charge on any atom is -0.497 e. The third-order valence-corrected chi connectivity index (χ3v) is 6.14. The van der Waals surface area contributed by atoms with E-state index in [1.165, 1.54) is 6.42 Å². The second-order valence-electron chi connectivity index (χ2n) is 7.66. The predicted molar refractivity (Wildman–Crippen MR) is 105 cm³/mol. The molecule has 1 heterocycles. The van der Waals surface area contributed by atoms with Crippen molar-refractivity contribution in [1.29, 1.82) is 0 Å². The Bertz CT molecular complexity index is 828. The number of carbonyl (C=O) groups is 1. The highest BCUT2D eigenvalue weighted by Gasteiger charge is 2.52. The fourth-order valence-electron chi connectivity index (χ4n) is 4.72. The highest BCUT2D eigenvalue weighted by atomic mass is 16.5. The first-order valence-electron chi connectivity index (χ1n) is 9.91. The van der Waals surface area contributed by atoms with Gasteiger partial charge in [-0.25, -0.2) is 0 Å². The highest BCUT2D eigenvalue weighted by Crippen LogP contribution is 2.47. The molecule has 0 radical (unpaired) electrons. The molecule has 142 valence electrons. The first-order chi connectivity index (χ1) is 13.1. The standard InChI is InChI=1S/C23H27NO3/c1-27-19-11-7-8-17(16-19)14-15-24-22(25)20-12-5-6-13-21(20)23(24,26)18-9-3-2-4-10-18/h5-8,11-13,16,18,26H,2-4,9-10,14-15H2,1H3. The van der Waals surface area contributed by atoms with E-state index in [0.717, 1.165) is 42.6 Å².